The third-order valence-corrected chi connectivity index (χ3v) is 20.9. The molecule has 2 fully saturated rings. The fourth-order valence-electron chi connectivity index (χ4n) is 8.89. The summed E-state index contributed by atoms with van der Waals surface area (Å²) in [5.41, 5.74) is 1.01. The van der Waals surface area contributed by atoms with Crippen LogP contribution in [-0.2, 0) is 54.0 Å². The minimum atomic E-state index is -3.87. The number of H-pyrrole nitrogens is 1. The number of benzene rings is 3. The zero-order valence-electron chi connectivity index (χ0n) is 42.0. The Balaban J connectivity index is 1.15. The second-order valence-corrected chi connectivity index (χ2v) is 27.6. The first kappa shape index (κ1) is 54.9. The summed E-state index contributed by atoms with van der Waals surface area (Å²) in [5, 5.41) is 9.33. The molecule has 0 amide bonds. The van der Waals surface area contributed by atoms with E-state index in [-0.39, 0.29) is 42.4 Å². The van der Waals surface area contributed by atoms with Crippen LogP contribution in [0.4, 0.5) is 0 Å². The number of aromatic amines is 1. The molecule has 2 N–H and O–H groups in total. The van der Waals surface area contributed by atoms with Gasteiger partial charge in [0, 0.05) is 29.2 Å². The topological polar surface area (TPSA) is 243 Å². The Bertz CT molecular complexity index is 2940. The number of rotatable bonds is 23. The minimum Gasteiger partial charge on any atom is -0.497 e. The van der Waals surface area contributed by atoms with Crippen molar-refractivity contribution in [3.8, 4) is 23.4 Å². The van der Waals surface area contributed by atoms with Gasteiger partial charge in [0.2, 0.25) is 5.88 Å². The van der Waals surface area contributed by atoms with Crippen LogP contribution in [-0.4, -0.2) is 107 Å². The molecule has 1 saturated heterocycles. The Morgan fingerprint density at radius 3 is 2.20 bits per heavy atom. The molecular formula is C50H60N7O13P2SSi+. The molecule has 8 rings (SSSR count). The molecule has 9 atom stereocenters. The maximum atomic E-state index is 12.8. The Morgan fingerprint density at radius 1 is 0.919 bits per heavy atom. The number of nitrogens with one attached hydrogen (secondary N) is 1. The van der Waals surface area contributed by atoms with E-state index in [0.717, 1.165) is 16.7 Å². The zero-order chi connectivity index (χ0) is 52.7. The van der Waals surface area contributed by atoms with E-state index in [4.69, 9.17) is 58.0 Å². The van der Waals surface area contributed by atoms with Crippen molar-refractivity contribution in [3.05, 3.63) is 137 Å². The summed E-state index contributed by atoms with van der Waals surface area (Å²) in [5.74, 6) is 1.31. The molecule has 3 aromatic carbocycles. The van der Waals surface area contributed by atoms with Crippen molar-refractivity contribution < 1.29 is 55.7 Å². The third kappa shape index (κ3) is 12.3. The quantitative estimate of drug-likeness (QED) is 0.0264. The van der Waals surface area contributed by atoms with Crippen LogP contribution in [0.1, 0.15) is 63.0 Å². The molecule has 20 nitrogen and oxygen atoms in total. The molecule has 0 radical (unpaired) electrons. The molecule has 0 bridgehead atoms. The molecule has 1 aliphatic carbocycles. The summed E-state index contributed by atoms with van der Waals surface area (Å²) in [6, 6.07) is 29.2. The number of hydrogen-bond donors (Lipinski definition) is 2. The second kappa shape index (κ2) is 23.7. The SMILES string of the molecule is COc1ccc(C(OC[C@H]2C[C@@H](Oc3ccncn3)C[C@@H]2O[P@@](=S)(OCCC#N)OC[C@H]2O[C@@H](n3cnc4c(=O)[nH]cnc43)[C@H](O[P+](=O)O)[C@@H]2O[Si](C)(C)C(C)(C)C)(c2ccccc2)c2ccc(OC)cc2)cc1. The summed E-state index contributed by atoms with van der Waals surface area (Å²) in [6.07, 6.45) is 0.664. The number of aromatic nitrogens is 6. The first-order valence-electron chi connectivity index (χ1n) is 23.9. The smallest absolute Gasteiger partial charge is 0.497 e. The van der Waals surface area contributed by atoms with Crippen molar-refractivity contribution in [2.24, 2.45) is 5.92 Å². The van der Waals surface area contributed by atoms with Gasteiger partial charge in [-0.1, -0.05) is 75.4 Å². The number of hydrogen-bond acceptors (Lipinski definition) is 18. The fourth-order valence-corrected chi connectivity index (χ4v) is 12.8. The van der Waals surface area contributed by atoms with Gasteiger partial charge in [0.25, 0.3) is 5.56 Å². The van der Waals surface area contributed by atoms with Crippen LogP contribution in [0.25, 0.3) is 11.2 Å². The van der Waals surface area contributed by atoms with Gasteiger partial charge in [-0.25, -0.2) is 19.9 Å². The number of methoxy groups -OCH3 is 2. The first-order valence-corrected chi connectivity index (χ1v) is 30.5. The van der Waals surface area contributed by atoms with Gasteiger partial charge < -0.3 is 46.7 Å². The lowest BCUT2D eigenvalue weighted by molar-refractivity contribution is -0.0513. The average Bonchev–Trinajstić information content (AvgIpc) is 4.09. The number of nitriles is 1. The van der Waals surface area contributed by atoms with E-state index in [2.05, 4.69) is 51.8 Å². The van der Waals surface area contributed by atoms with Crippen LogP contribution >= 0.6 is 15.0 Å². The van der Waals surface area contributed by atoms with E-state index < -0.39 is 77.1 Å². The standard InChI is InChI=1S/C50H59N7O13P2SSi/c1-49(2,3)74(6,7)70-44-41(67-48(45(44)68-71(59)60)57-32-56-43-46(57)54-31-55-47(43)58)29-65-72(73,64-25-11-23-51)69-40-27-39(66-42-22-24-52-30-53-42)26-33(40)28-63-50(34-12-9-8-10-13-34,35-14-18-37(61-4)19-15-35)36-16-20-38(62-5)21-17-36/h8-10,12-22,24,30-33,39-41,44-45,48H,11,25-29H2,1-7H3,(H-,54,55,58,59,60)/p+1/t33-,39-,40+,41-,44-,45-,48-,72-/m1/s1. The van der Waals surface area contributed by atoms with Crippen molar-refractivity contribution in [2.45, 2.75) is 101 Å². The van der Waals surface area contributed by atoms with Crippen LogP contribution in [0, 0.1) is 17.2 Å². The Labute approximate surface area is 435 Å². The van der Waals surface area contributed by atoms with Crippen molar-refractivity contribution in [2.75, 3.05) is 34.0 Å². The molecule has 74 heavy (non-hydrogen) atoms. The largest absolute Gasteiger partial charge is 0.695 e. The number of nitrogens with zero attached hydrogens (tertiary/aromatic N) is 6. The summed E-state index contributed by atoms with van der Waals surface area (Å²) < 4.78 is 78.4. The monoisotopic (exact) mass is 1090 g/mol. The lowest BCUT2D eigenvalue weighted by atomic mass is 9.80. The summed E-state index contributed by atoms with van der Waals surface area (Å²) >= 11 is 6.28. The normalized spacial score (nSPS) is 22.3. The molecule has 392 valence electrons. The summed E-state index contributed by atoms with van der Waals surface area (Å²) in [6.45, 7) is 6.02. The van der Waals surface area contributed by atoms with Gasteiger partial charge >= 0.3 is 15.0 Å². The van der Waals surface area contributed by atoms with E-state index in [1.54, 1.807) is 26.5 Å². The lowest BCUT2D eigenvalue weighted by Crippen LogP contribution is -2.50. The molecule has 1 aliphatic heterocycles. The van der Waals surface area contributed by atoms with Crippen LogP contribution in [0.2, 0.25) is 18.1 Å². The molecule has 6 aromatic rings. The van der Waals surface area contributed by atoms with Crippen LogP contribution in [0.15, 0.2) is 115 Å². The predicted molar refractivity (Wildman–Crippen MR) is 278 cm³/mol. The highest BCUT2D eigenvalue weighted by atomic mass is 32.5. The van der Waals surface area contributed by atoms with Gasteiger partial charge in [0.05, 0.1) is 65.3 Å². The molecular weight excluding hydrogens is 1030 g/mol. The van der Waals surface area contributed by atoms with Gasteiger partial charge in [-0.2, -0.15) is 5.26 Å². The van der Waals surface area contributed by atoms with E-state index in [9.17, 15) is 19.5 Å². The van der Waals surface area contributed by atoms with Gasteiger partial charge in [0.1, 0.15) is 41.7 Å². The number of fused-ring (bicyclic) bond motifs is 1. The molecule has 1 saturated carbocycles. The van der Waals surface area contributed by atoms with Crippen LogP contribution in [0.3, 0.4) is 0 Å². The minimum absolute atomic E-state index is 0.0192. The van der Waals surface area contributed by atoms with Crippen LogP contribution < -0.4 is 19.8 Å². The van der Waals surface area contributed by atoms with E-state index in [1.807, 2.05) is 92.0 Å². The summed E-state index contributed by atoms with van der Waals surface area (Å²) in [4.78, 5) is 42.6. The molecule has 1 unspecified atom stereocenters. The first-order chi connectivity index (χ1) is 35.5. The van der Waals surface area contributed by atoms with E-state index in [1.165, 1.54) is 23.5 Å². The molecule has 0 spiro atoms. The van der Waals surface area contributed by atoms with Crippen molar-refractivity contribution in [3.63, 3.8) is 0 Å². The van der Waals surface area contributed by atoms with E-state index >= 15 is 0 Å². The predicted octanol–water partition coefficient (Wildman–Crippen LogP) is 8.67. The van der Waals surface area contributed by atoms with Gasteiger partial charge in [-0.05, 0) is 77.3 Å². The number of imidazole rings is 1. The zero-order valence-corrected chi connectivity index (χ0v) is 45.6. The van der Waals surface area contributed by atoms with Gasteiger partial charge in [-0.15, -0.1) is 9.42 Å². The third-order valence-electron chi connectivity index (χ3n) is 13.6. The fraction of sp³-hybridized carbons (Fsp3) is 0.440. The Hall–Kier alpha value is -5.37. The highest BCUT2D eigenvalue weighted by Gasteiger charge is 2.56. The van der Waals surface area contributed by atoms with Gasteiger partial charge in [-0.3, -0.25) is 9.36 Å². The Kier molecular flexibility index (Phi) is 17.6. The molecule has 3 aromatic heterocycles. The maximum absolute atomic E-state index is 12.8. The number of ether oxygens (including phenoxy) is 5. The highest BCUT2D eigenvalue weighted by Crippen LogP contribution is 2.56. The maximum Gasteiger partial charge on any atom is 0.695 e. The summed E-state index contributed by atoms with van der Waals surface area (Å²) in [7, 11) is -2.70. The van der Waals surface area contributed by atoms with Crippen molar-refractivity contribution in [1.29, 1.82) is 5.26 Å². The molecule has 24 heteroatoms. The van der Waals surface area contributed by atoms with E-state index in [0.29, 0.717) is 30.2 Å². The highest BCUT2D eigenvalue weighted by molar-refractivity contribution is 8.07. The Morgan fingerprint density at radius 2 is 1.59 bits per heavy atom. The van der Waals surface area contributed by atoms with Crippen LogP contribution in [0.5, 0.6) is 17.4 Å². The average molecular weight is 1090 g/mol. The van der Waals surface area contributed by atoms with Crippen molar-refractivity contribution >= 4 is 46.3 Å². The molecule has 2 aliphatic rings. The van der Waals surface area contributed by atoms with Crippen molar-refractivity contribution in [1.82, 2.24) is 29.5 Å². The second-order valence-electron chi connectivity index (χ2n) is 19.2. The lowest BCUT2D eigenvalue weighted by Gasteiger charge is -2.40. The van der Waals surface area contributed by atoms with Gasteiger partial charge in [0.15, 0.2) is 31.8 Å². The molecule has 4 heterocycles.